The molecule has 0 aliphatic carbocycles. The lowest BCUT2D eigenvalue weighted by Crippen LogP contribution is -2.50. The Morgan fingerprint density at radius 1 is 1.15 bits per heavy atom. The quantitative estimate of drug-likeness (QED) is 0.310. The van der Waals surface area contributed by atoms with Gasteiger partial charge in [0.15, 0.2) is 0 Å². The van der Waals surface area contributed by atoms with Gasteiger partial charge in [-0.2, -0.15) is 0 Å². The maximum Gasteiger partial charge on any atom is 0.234 e. The fraction of sp³-hybridized carbons (Fsp3) is 0.452. The van der Waals surface area contributed by atoms with Gasteiger partial charge in [-0.1, -0.05) is 12.1 Å². The maximum atomic E-state index is 12.5. The van der Waals surface area contributed by atoms with Gasteiger partial charge in [0, 0.05) is 56.4 Å². The number of amides is 1. The number of carbonyl (C=O) groups is 1. The summed E-state index contributed by atoms with van der Waals surface area (Å²) >= 11 is 3.62. The average molecular weight is 624 g/mol. The molecule has 218 valence electrons. The van der Waals surface area contributed by atoms with E-state index in [4.69, 9.17) is 9.72 Å². The number of benzene rings is 2. The first-order chi connectivity index (χ1) is 19.4. The summed E-state index contributed by atoms with van der Waals surface area (Å²) in [4.78, 5) is 26.4. The van der Waals surface area contributed by atoms with Gasteiger partial charge in [-0.3, -0.25) is 9.69 Å². The molecular formula is C31H39BrN6O3. The van der Waals surface area contributed by atoms with Crippen LogP contribution in [-0.4, -0.2) is 71.3 Å². The number of ether oxygens (including phenoxy) is 1. The SMILES string of the molecule is COc1cc(N2CCN(CC(C)(C)O)CC2)ccc1Nc1ncc(Br)c(CCc2cccc3c2C(C)(C)C(=O)N3)n1. The number of nitrogens with zero attached hydrogens (tertiary/aromatic N) is 4. The van der Waals surface area contributed by atoms with E-state index in [1.54, 1.807) is 13.3 Å². The molecule has 2 aliphatic heterocycles. The maximum absolute atomic E-state index is 12.5. The van der Waals surface area contributed by atoms with E-state index >= 15 is 0 Å². The third kappa shape index (κ3) is 6.50. The molecular weight excluding hydrogens is 584 g/mol. The number of hydrogen-bond acceptors (Lipinski definition) is 8. The largest absolute Gasteiger partial charge is 0.494 e. The van der Waals surface area contributed by atoms with Crippen molar-refractivity contribution in [3.63, 3.8) is 0 Å². The normalized spacial score (nSPS) is 16.9. The number of hydrogen-bond donors (Lipinski definition) is 3. The molecule has 0 unspecified atom stereocenters. The number of fused-ring (bicyclic) bond motifs is 1. The highest BCUT2D eigenvalue weighted by Crippen LogP contribution is 2.40. The van der Waals surface area contributed by atoms with Crippen molar-refractivity contribution in [1.82, 2.24) is 14.9 Å². The molecule has 0 spiro atoms. The number of aromatic nitrogens is 2. The van der Waals surface area contributed by atoms with Crippen LogP contribution in [-0.2, 0) is 23.1 Å². The second kappa shape index (κ2) is 11.6. The number of nitrogens with one attached hydrogen (secondary N) is 2. The Hall–Kier alpha value is -3.21. The van der Waals surface area contributed by atoms with E-state index in [0.717, 1.165) is 71.0 Å². The van der Waals surface area contributed by atoms with Crippen molar-refractivity contribution in [2.45, 2.75) is 51.6 Å². The molecule has 3 heterocycles. The molecule has 2 aromatic carbocycles. The summed E-state index contributed by atoms with van der Waals surface area (Å²) < 4.78 is 6.58. The Balaban J connectivity index is 1.27. The van der Waals surface area contributed by atoms with Crippen molar-refractivity contribution in [1.29, 1.82) is 0 Å². The lowest BCUT2D eigenvalue weighted by atomic mass is 9.82. The highest BCUT2D eigenvalue weighted by atomic mass is 79.9. The molecule has 1 fully saturated rings. The van der Waals surface area contributed by atoms with Crippen LogP contribution in [0.5, 0.6) is 5.75 Å². The number of piperazine rings is 1. The first-order valence-electron chi connectivity index (χ1n) is 14.0. The highest BCUT2D eigenvalue weighted by Gasteiger charge is 2.39. The van der Waals surface area contributed by atoms with Crippen LogP contribution in [0.3, 0.4) is 0 Å². The molecule has 1 saturated heterocycles. The van der Waals surface area contributed by atoms with Crippen LogP contribution in [0.25, 0.3) is 0 Å². The van der Waals surface area contributed by atoms with Crippen molar-refractivity contribution in [3.8, 4) is 5.75 Å². The Morgan fingerprint density at radius 2 is 1.90 bits per heavy atom. The van der Waals surface area contributed by atoms with Gasteiger partial charge >= 0.3 is 0 Å². The molecule has 10 heteroatoms. The van der Waals surface area contributed by atoms with E-state index in [0.29, 0.717) is 24.7 Å². The minimum atomic E-state index is -0.690. The molecule has 0 atom stereocenters. The number of anilines is 4. The van der Waals surface area contributed by atoms with E-state index in [-0.39, 0.29) is 5.91 Å². The zero-order valence-corrected chi connectivity index (χ0v) is 26.0. The third-order valence-corrected chi connectivity index (χ3v) is 8.48. The fourth-order valence-electron chi connectivity index (χ4n) is 5.75. The molecule has 0 saturated carbocycles. The molecule has 2 aliphatic rings. The minimum Gasteiger partial charge on any atom is -0.494 e. The minimum absolute atomic E-state index is 0.0302. The number of aliphatic hydroxyl groups is 1. The predicted molar refractivity (Wildman–Crippen MR) is 166 cm³/mol. The standard InChI is InChI=1S/C31H39BrN6O3/c1-30(2,40)19-37-13-15-38(16-14-37)21-10-12-24(26(17-21)41-5)36-29-33-18-22(32)23(35-29)11-9-20-7-6-8-25-27(20)31(3,4)28(39)34-25/h6-8,10,12,17-18,40H,9,11,13-16,19H2,1-5H3,(H,34,39)(H,33,35,36). The zero-order valence-electron chi connectivity index (χ0n) is 24.4. The topological polar surface area (TPSA) is 103 Å². The number of aryl methyl sites for hydroxylation is 2. The molecule has 0 bridgehead atoms. The first kappa shape index (κ1) is 29.3. The summed E-state index contributed by atoms with van der Waals surface area (Å²) in [6, 6.07) is 12.2. The second-order valence-corrected chi connectivity index (χ2v) is 12.8. The average Bonchev–Trinajstić information content (AvgIpc) is 3.16. The fourth-order valence-corrected chi connectivity index (χ4v) is 6.13. The molecule has 9 nitrogen and oxygen atoms in total. The zero-order chi connectivity index (χ0) is 29.4. The van der Waals surface area contributed by atoms with E-state index < -0.39 is 11.0 Å². The van der Waals surface area contributed by atoms with Gasteiger partial charge in [0.2, 0.25) is 11.9 Å². The van der Waals surface area contributed by atoms with Gasteiger partial charge in [0.05, 0.1) is 34.0 Å². The van der Waals surface area contributed by atoms with E-state index in [1.807, 2.05) is 52.0 Å². The number of carbonyl (C=O) groups excluding carboxylic acids is 1. The van der Waals surface area contributed by atoms with Gasteiger partial charge in [0.1, 0.15) is 5.75 Å². The molecule has 5 rings (SSSR count). The second-order valence-electron chi connectivity index (χ2n) is 12.0. The van der Waals surface area contributed by atoms with Crippen LogP contribution < -0.4 is 20.3 Å². The van der Waals surface area contributed by atoms with Gasteiger partial charge < -0.3 is 25.4 Å². The summed E-state index contributed by atoms with van der Waals surface area (Å²) in [5.74, 6) is 1.24. The lowest BCUT2D eigenvalue weighted by Gasteiger charge is -2.38. The summed E-state index contributed by atoms with van der Waals surface area (Å²) in [6.45, 7) is 11.9. The molecule has 1 amide bonds. The van der Waals surface area contributed by atoms with Gasteiger partial charge in [-0.15, -0.1) is 0 Å². The van der Waals surface area contributed by atoms with Crippen LogP contribution in [0, 0.1) is 0 Å². The summed E-state index contributed by atoms with van der Waals surface area (Å²) in [7, 11) is 1.67. The van der Waals surface area contributed by atoms with E-state index in [9.17, 15) is 9.90 Å². The van der Waals surface area contributed by atoms with Crippen LogP contribution in [0.15, 0.2) is 47.1 Å². The number of β-amino-alcohol motifs (C(OH)–C–C–N with tert-alkyl or cyclic N) is 1. The Bertz CT molecular complexity index is 1430. The number of rotatable bonds is 9. The van der Waals surface area contributed by atoms with Crippen molar-refractivity contribution in [3.05, 3.63) is 63.9 Å². The molecule has 0 radical (unpaired) electrons. The Labute approximate surface area is 250 Å². The summed E-state index contributed by atoms with van der Waals surface area (Å²) in [5, 5.41) is 16.5. The van der Waals surface area contributed by atoms with Gasteiger partial charge in [-0.25, -0.2) is 9.97 Å². The van der Waals surface area contributed by atoms with Crippen molar-refractivity contribution in [2.75, 3.05) is 55.4 Å². The first-order valence-corrected chi connectivity index (χ1v) is 14.8. The number of halogens is 1. The highest BCUT2D eigenvalue weighted by molar-refractivity contribution is 9.10. The Morgan fingerprint density at radius 3 is 2.61 bits per heavy atom. The van der Waals surface area contributed by atoms with Crippen molar-refractivity contribution < 1.29 is 14.6 Å². The molecule has 3 N–H and O–H groups in total. The van der Waals surface area contributed by atoms with Crippen LogP contribution in [0.4, 0.5) is 23.0 Å². The number of methoxy groups -OCH3 is 1. The van der Waals surface area contributed by atoms with Gasteiger partial charge in [-0.05, 0) is 85.8 Å². The van der Waals surface area contributed by atoms with Crippen LogP contribution >= 0.6 is 15.9 Å². The lowest BCUT2D eigenvalue weighted by molar-refractivity contribution is -0.119. The monoisotopic (exact) mass is 622 g/mol. The van der Waals surface area contributed by atoms with E-state index in [2.05, 4.69) is 53.5 Å². The van der Waals surface area contributed by atoms with Crippen LogP contribution in [0.2, 0.25) is 0 Å². The van der Waals surface area contributed by atoms with Gasteiger partial charge in [0.25, 0.3) is 0 Å². The summed E-state index contributed by atoms with van der Waals surface area (Å²) in [6.07, 6.45) is 3.20. The molecule has 3 aromatic rings. The third-order valence-electron chi connectivity index (χ3n) is 7.82. The molecule has 1 aromatic heterocycles. The molecule has 41 heavy (non-hydrogen) atoms. The predicted octanol–water partition coefficient (Wildman–Crippen LogP) is 4.90. The Kier molecular flexibility index (Phi) is 8.27. The summed E-state index contributed by atoms with van der Waals surface area (Å²) in [5.41, 5.74) is 4.62. The smallest absolute Gasteiger partial charge is 0.234 e. The van der Waals surface area contributed by atoms with E-state index in [1.165, 1.54) is 0 Å². The van der Waals surface area contributed by atoms with Crippen molar-refractivity contribution >= 4 is 44.8 Å². The van der Waals surface area contributed by atoms with Crippen molar-refractivity contribution in [2.24, 2.45) is 0 Å². The van der Waals surface area contributed by atoms with Crippen LogP contribution in [0.1, 0.15) is 44.5 Å².